The normalized spacial score (nSPS) is 16.0. The van der Waals surface area contributed by atoms with Crippen molar-refractivity contribution in [3.05, 3.63) is 60.6 Å². The standard InChI is InChI=1S/C34H41N7O4.ClH/c1-20(35-5)32(43)40-30(34(2,3)4)33(44)41-15-9-13-27(41)28(42)17-21-16-23-26(18-29(21)45-6)37-19-38-31(23)39-25-12-7-11-24-22(25)10-8-14-36-24;/h7-8,10-12,14,16,18-20,27,30,35H,9,13,15,17H2,1-6H3,(H,40,43)(H,37,38,39);1H/t20-,27-,30+;/m0./s1. The summed E-state index contributed by atoms with van der Waals surface area (Å²) in [6.07, 6.45) is 4.57. The fourth-order valence-electron chi connectivity index (χ4n) is 5.78. The highest BCUT2D eigenvalue weighted by atomic mass is 35.5. The average Bonchev–Trinajstić information content (AvgIpc) is 3.53. The zero-order valence-corrected chi connectivity index (χ0v) is 27.9. The highest BCUT2D eigenvalue weighted by Gasteiger charge is 2.42. The fourth-order valence-corrected chi connectivity index (χ4v) is 5.78. The van der Waals surface area contributed by atoms with Gasteiger partial charge in [0.25, 0.3) is 0 Å². The van der Waals surface area contributed by atoms with Crippen LogP contribution in [0.4, 0.5) is 11.5 Å². The summed E-state index contributed by atoms with van der Waals surface area (Å²) in [5.41, 5.74) is 2.49. The minimum atomic E-state index is -0.778. The van der Waals surface area contributed by atoms with Crippen molar-refractivity contribution >= 4 is 63.3 Å². The molecule has 4 aromatic rings. The molecule has 46 heavy (non-hydrogen) atoms. The number of amides is 2. The van der Waals surface area contributed by atoms with E-state index in [1.54, 1.807) is 38.2 Å². The van der Waals surface area contributed by atoms with Gasteiger partial charge in [-0.25, -0.2) is 9.97 Å². The number of Topliss-reactive ketones (excluding diaryl/α,β-unsaturated/α-hetero) is 1. The first-order valence-corrected chi connectivity index (χ1v) is 15.2. The minimum Gasteiger partial charge on any atom is -0.496 e. The molecular formula is C34H42ClN7O4. The summed E-state index contributed by atoms with van der Waals surface area (Å²) in [6.45, 7) is 7.93. The van der Waals surface area contributed by atoms with Gasteiger partial charge in [0.05, 0.1) is 30.2 Å². The van der Waals surface area contributed by atoms with Gasteiger partial charge in [0.2, 0.25) is 11.8 Å². The molecule has 0 unspecified atom stereocenters. The maximum atomic E-state index is 13.9. The third-order valence-corrected chi connectivity index (χ3v) is 8.43. The summed E-state index contributed by atoms with van der Waals surface area (Å²) < 4.78 is 5.69. The molecule has 11 nitrogen and oxygen atoms in total. The van der Waals surface area contributed by atoms with Crippen molar-refractivity contribution in [2.45, 2.75) is 65.1 Å². The first-order valence-electron chi connectivity index (χ1n) is 15.2. The molecule has 1 saturated heterocycles. The monoisotopic (exact) mass is 647 g/mol. The van der Waals surface area contributed by atoms with E-state index in [4.69, 9.17) is 4.74 Å². The molecule has 3 N–H and O–H groups in total. The second-order valence-corrected chi connectivity index (χ2v) is 12.6. The van der Waals surface area contributed by atoms with E-state index in [-0.39, 0.29) is 36.4 Å². The second kappa shape index (κ2) is 14.4. The van der Waals surface area contributed by atoms with Gasteiger partial charge in [0.1, 0.15) is 23.9 Å². The highest BCUT2D eigenvalue weighted by molar-refractivity contribution is 5.99. The molecule has 2 aromatic heterocycles. The smallest absolute Gasteiger partial charge is 0.246 e. The number of hydrogen-bond acceptors (Lipinski definition) is 9. The molecule has 3 heterocycles. The molecule has 244 valence electrons. The molecule has 1 fully saturated rings. The van der Waals surface area contributed by atoms with E-state index in [9.17, 15) is 14.4 Å². The van der Waals surface area contributed by atoms with Crippen molar-refractivity contribution in [3.63, 3.8) is 0 Å². The Balaban J connectivity index is 0.00000480. The summed E-state index contributed by atoms with van der Waals surface area (Å²) in [5.74, 6) is 0.522. The molecule has 2 amide bonds. The summed E-state index contributed by atoms with van der Waals surface area (Å²) in [7, 11) is 3.26. The molecular weight excluding hydrogens is 606 g/mol. The fraction of sp³-hybridized carbons (Fsp3) is 0.412. The van der Waals surface area contributed by atoms with Gasteiger partial charge in [0.15, 0.2) is 5.78 Å². The second-order valence-electron chi connectivity index (χ2n) is 12.6. The van der Waals surface area contributed by atoms with Crippen molar-refractivity contribution in [2.24, 2.45) is 5.41 Å². The van der Waals surface area contributed by atoms with E-state index in [0.29, 0.717) is 42.0 Å². The minimum absolute atomic E-state index is 0. The number of hydrogen-bond donors (Lipinski definition) is 3. The number of likely N-dealkylation sites (N-methyl/N-ethyl adjacent to an activating group) is 1. The van der Waals surface area contributed by atoms with E-state index in [2.05, 4.69) is 30.9 Å². The molecule has 1 aliphatic heterocycles. The van der Waals surface area contributed by atoms with Crippen LogP contribution in [0.25, 0.3) is 21.8 Å². The SMILES string of the molecule is CN[C@@H](C)C(=O)N[C@H](C(=O)N1CCC[C@H]1C(=O)Cc1cc2c(Nc3cccc4ncccc34)ncnc2cc1OC)C(C)(C)C.Cl. The Morgan fingerprint density at radius 2 is 1.83 bits per heavy atom. The summed E-state index contributed by atoms with van der Waals surface area (Å²) >= 11 is 0. The quantitative estimate of drug-likeness (QED) is 0.226. The number of ketones is 1. The number of benzene rings is 2. The van der Waals surface area contributed by atoms with Gasteiger partial charge in [-0.3, -0.25) is 19.4 Å². The molecule has 2 aromatic carbocycles. The van der Waals surface area contributed by atoms with Crippen molar-refractivity contribution in [2.75, 3.05) is 26.0 Å². The molecule has 1 aliphatic rings. The van der Waals surface area contributed by atoms with E-state index in [0.717, 1.165) is 22.0 Å². The van der Waals surface area contributed by atoms with Crippen LogP contribution in [0.15, 0.2) is 55.0 Å². The van der Waals surface area contributed by atoms with E-state index in [1.807, 2.05) is 57.2 Å². The maximum absolute atomic E-state index is 13.9. The molecule has 0 aliphatic carbocycles. The van der Waals surface area contributed by atoms with Crippen LogP contribution in [0.2, 0.25) is 0 Å². The van der Waals surface area contributed by atoms with Crippen LogP contribution >= 0.6 is 12.4 Å². The molecule has 3 atom stereocenters. The van der Waals surface area contributed by atoms with Crippen LogP contribution in [0.1, 0.15) is 46.1 Å². The van der Waals surface area contributed by atoms with Gasteiger partial charge in [-0.15, -0.1) is 12.4 Å². The van der Waals surface area contributed by atoms with Gasteiger partial charge >= 0.3 is 0 Å². The van der Waals surface area contributed by atoms with E-state index in [1.165, 1.54) is 6.33 Å². The Hall–Kier alpha value is -4.35. The van der Waals surface area contributed by atoms with Crippen LogP contribution in [0.3, 0.4) is 0 Å². The van der Waals surface area contributed by atoms with E-state index < -0.39 is 23.5 Å². The van der Waals surface area contributed by atoms with Gasteiger partial charge in [0, 0.05) is 47.3 Å². The Morgan fingerprint density at radius 1 is 1.04 bits per heavy atom. The number of fused-ring (bicyclic) bond motifs is 2. The largest absolute Gasteiger partial charge is 0.496 e. The third kappa shape index (κ3) is 7.21. The number of halogens is 1. The summed E-state index contributed by atoms with van der Waals surface area (Å²) in [5, 5.41) is 10.9. The number of carbonyl (C=O) groups excluding carboxylic acids is 3. The predicted octanol–water partition coefficient (Wildman–Crippen LogP) is 4.59. The molecule has 0 saturated carbocycles. The van der Waals surface area contributed by atoms with Gasteiger partial charge < -0.3 is 25.6 Å². The number of carbonyl (C=O) groups is 3. The number of methoxy groups -OCH3 is 1. The first-order chi connectivity index (χ1) is 21.5. The zero-order valence-electron chi connectivity index (χ0n) is 27.1. The highest BCUT2D eigenvalue weighted by Crippen LogP contribution is 2.33. The molecule has 12 heteroatoms. The Morgan fingerprint density at radius 3 is 2.54 bits per heavy atom. The lowest BCUT2D eigenvalue weighted by atomic mass is 9.85. The van der Waals surface area contributed by atoms with Crippen LogP contribution < -0.4 is 20.7 Å². The molecule has 0 bridgehead atoms. The number of anilines is 2. The summed E-state index contributed by atoms with van der Waals surface area (Å²) in [6, 6.07) is 11.6. The van der Waals surface area contributed by atoms with Crippen LogP contribution in [-0.4, -0.2) is 76.3 Å². The Kier molecular flexibility index (Phi) is 10.8. The van der Waals surface area contributed by atoms with Gasteiger partial charge in [-0.05, 0) is 62.6 Å². The molecule has 5 rings (SSSR count). The third-order valence-electron chi connectivity index (χ3n) is 8.43. The average molecular weight is 648 g/mol. The first kappa shape index (κ1) is 34.5. The number of nitrogens with one attached hydrogen (secondary N) is 3. The van der Waals surface area contributed by atoms with Crippen LogP contribution in [-0.2, 0) is 20.8 Å². The Bertz CT molecular complexity index is 1740. The number of likely N-dealkylation sites (tertiary alicyclic amines) is 1. The molecule has 0 spiro atoms. The lowest BCUT2D eigenvalue weighted by Crippen LogP contribution is -2.58. The van der Waals surface area contributed by atoms with Crippen molar-refractivity contribution < 1.29 is 19.1 Å². The number of aromatic nitrogens is 3. The maximum Gasteiger partial charge on any atom is 0.246 e. The van der Waals surface area contributed by atoms with Crippen molar-refractivity contribution in [3.8, 4) is 5.75 Å². The van der Waals surface area contributed by atoms with Gasteiger partial charge in [-0.2, -0.15) is 0 Å². The number of pyridine rings is 1. The van der Waals surface area contributed by atoms with Crippen molar-refractivity contribution in [1.82, 2.24) is 30.5 Å². The zero-order chi connectivity index (χ0) is 32.3. The Labute approximate surface area is 275 Å². The molecule has 0 radical (unpaired) electrons. The van der Waals surface area contributed by atoms with Crippen LogP contribution in [0.5, 0.6) is 5.75 Å². The number of nitrogens with zero attached hydrogens (tertiary/aromatic N) is 4. The van der Waals surface area contributed by atoms with Crippen LogP contribution in [0, 0.1) is 5.41 Å². The number of rotatable bonds is 10. The van der Waals surface area contributed by atoms with Crippen molar-refractivity contribution in [1.29, 1.82) is 0 Å². The lowest BCUT2D eigenvalue weighted by molar-refractivity contribution is -0.143. The number of ether oxygens (including phenoxy) is 1. The topological polar surface area (TPSA) is 138 Å². The van der Waals surface area contributed by atoms with E-state index >= 15 is 0 Å². The predicted molar refractivity (Wildman–Crippen MR) is 182 cm³/mol. The summed E-state index contributed by atoms with van der Waals surface area (Å²) in [4.78, 5) is 55.6. The lowest BCUT2D eigenvalue weighted by Gasteiger charge is -2.36. The van der Waals surface area contributed by atoms with Gasteiger partial charge in [-0.1, -0.05) is 26.8 Å².